The number of sulfonamides is 1. The Morgan fingerprint density at radius 3 is 2.63 bits per heavy atom. The molecule has 1 rings (SSSR count). The highest BCUT2D eigenvalue weighted by atomic mass is 32.2. The lowest BCUT2D eigenvalue weighted by atomic mass is 10.1. The van der Waals surface area contributed by atoms with Crippen LogP contribution in [-0.4, -0.2) is 27.7 Å². The lowest BCUT2D eigenvalue weighted by Gasteiger charge is -2.10. The molecule has 0 aliphatic heterocycles. The second-order valence-corrected chi connectivity index (χ2v) is 6.17. The number of benzene rings is 1. The molecule has 5 nitrogen and oxygen atoms in total. The molecule has 0 saturated carbocycles. The second-order valence-electron chi connectivity index (χ2n) is 4.41. The maximum absolute atomic E-state index is 12.0. The quantitative estimate of drug-likeness (QED) is 0.803. The van der Waals surface area contributed by atoms with Gasteiger partial charge >= 0.3 is 0 Å². The summed E-state index contributed by atoms with van der Waals surface area (Å²) in [5, 5.41) is 8.81. The van der Waals surface area contributed by atoms with E-state index in [1.807, 2.05) is 19.9 Å². The second kappa shape index (κ2) is 6.66. The average Bonchev–Trinajstić information content (AvgIpc) is 2.34. The van der Waals surface area contributed by atoms with Crippen molar-refractivity contribution in [3.05, 3.63) is 29.3 Å². The van der Waals surface area contributed by atoms with Gasteiger partial charge in [-0.3, -0.25) is 0 Å². The standard InChI is InChI=1S/C13H18N2O3S/c1-10(2)18-7-6-15-19(16,17)13-5-4-12(9-14)11(3)8-13/h4-5,8,10,15H,6-7H2,1-3H3. The fourth-order valence-electron chi connectivity index (χ4n) is 1.48. The zero-order valence-electron chi connectivity index (χ0n) is 11.3. The highest BCUT2D eigenvalue weighted by molar-refractivity contribution is 7.89. The third-order valence-corrected chi connectivity index (χ3v) is 3.93. The van der Waals surface area contributed by atoms with Gasteiger partial charge in [0.25, 0.3) is 0 Å². The highest BCUT2D eigenvalue weighted by Gasteiger charge is 2.14. The van der Waals surface area contributed by atoms with Crippen molar-refractivity contribution in [2.45, 2.75) is 31.8 Å². The first-order valence-electron chi connectivity index (χ1n) is 5.99. The molecule has 0 amide bonds. The van der Waals surface area contributed by atoms with Crippen LogP contribution >= 0.6 is 0 Å². The zero-order valence-corrected chi connectivity index (χ0v) is 12.1. The van der Waals surface area contributed by atoms with Crippen LogP contribution in [0.2, 0.25) is 0 Å². The molecular weight excluding hydrogens is 264 g/mol. The lowest BCUT2D eigenvalue weighted by Crippen LogP contribution is -2.28. The Bertz CT molecular complexity index is 574. The fraction of sp³-hybridized carbons (Fsp3) is 0.462. The van der Waals surface area contributed by atoms with Crippen LogP contribution in [0.15, 0.2) is 23.1 Å². The molecule has 0 aliphatic rings. The van der Waals surface area contributed by atoms with E-state index in [0.29, 0.717) is 17.7 Å². The first-order chi connectivity index (χ1) is 8.86. The van der Waals surface area contributed by atoms with Gasteiger partial charge in [0.2, 0.25) is 10.0 Å². The van der Waals surface area contributed by atoms with E-state index in [-0.39, 0.29) is 17.5 Å². The van der Waals surface area contributed by atoms with Crippen molar-refractivity contribution in [1.29, 1.82) is 5.26 Å². The molecular formula is C13H18N2O3S. The van der Waals surface area contributed by atoms with E-state index in [4.69, 9.17) is 10.00 Å². The average molecular weight is 282 g/mol. The minimum atomic E-state index is -3.55. The molecule has 6 heteroatoms. The molecule has 0 aliphatic carbocycles. The number of rotatable bonds is 6. The maximum Gasteiger partial charge on any atom is 0.240 e. The van der Waals surface area contributed by atoms with Crippen molar-refractivity contribution in [2.24, 2.45) is 0 Å². The van der Waals surface area contributed by atoms with E-state index < -0.39 is 10.0 Å². The van der Waals surface area contributed by atoms with E-state index in [1.165, 1.54) is 18.2 Å². The van der Waals surface area contributed by atoms with Gasteiger partial charge in [-0.2, -0.15) is 5.26 Å². The summed E-state index contributed by atoms with van der Waals surface area (Å²) in [5.74, 6) is 0. The Labute approximate surface area is 114 Å². The van der Waals surface area contributed by atoms with Gasteiger partial charge < -0.3 is 4.74 Å². The topological polar surface area (TPSA) is 79.2 Å². The Kier molecular flexibility index (Phi) is 5.48. The maximum atomic E-state index is 12.0. The summed E-state index contributed by atoms with van der Waals surface area (Å²) in [6.45, 7) is 6.03. The molecule has 0 unspecified atom stereocenters. The van der Waals surface area contributed by atoms with E-state index >= 15 is 0 Å². The molecule has 104 valence electrons. The Morgan fingerprint density at radius 1 is 1.42 bits per heavy atom. The molecule has 0 heterocycles. The van der Waals surface area contributed by atoms with Crippen molar-refractivity contribution < 1.29 is 13.2 Å². The third-order valence-electron chi connectivity index (χ3n) is 2.47. The predicted octanol–water partition coefficient (Wildman–Crippen LogP) is 1.57. The Morgan fingerprint density at radius 2 is 2.11 bits per heavy atom. The first kappa shape index (κ1) is 15.6. The number of hydrogen-bond acceptors (Lipinski definition) is 4. The summed E-state index contributed by atoms with van der Waals surface area (Å²) in [5.41, 5.74) is 1.12. The normalized spacial score (nSPS) is 11.5. The number of aryl methyl sites for hydroxylation is 1. The molecule has 1 N–H and O–H groups in total. The summed E-state index contributed by atoms with van der Waals surface area (Å²) in [7, 11) is -3.55. The lowest BCUT2D eigenvalue weighted by molar-refractivity contribution is 0.0834. The molecule has 0 spiro atoms. The molecule has 0 atom stereocenters. The monoisotopic (exact) mass is 282 g/mol. The first-order valence-corrected chi connectivity index (χ1v) is 7.47. The van der Waals surface area contributed by atoms with Crippen molar-refractivity contribution in [3.63, 3.8) is 0 Å². The van der Waals surface area contributed by atoms with E-state index in [0.717, 1.165) is 0 Å². The van der Waals surface area contributed by atoms with Crippen LogP contribution in [0.5, 0.6) is 0 Å². The molecule has 1 aromatic rings. The summed E-state index contributed by atoms with van der Waals surface area (Å²) in [4.78, 5) is 0.161. The molecule has 19 heavy (non-hydrogen) atoms. The van der Waals surface area contributed by atoms with Crippen LogP contribution in [0.25, 0.3) is 0 Å². The number of nitrogens with one attached hydrogen (secondary N) is 1. The zero-order chi connectivity index (χ0) is 14.5. The van der Waals surface area contributed by atoms with Crippen LogP contribution in [0.3, 0.4) is 0 Å². The van der Waals surface area contributed by atoms with Gasteiger partial charge in [0.15, 0.2) is 0 Å². The number of hydrogen-bond donors (Lipinski definition) is 1. The van der Waals surface area contributed by atoms with Crippen LogP contribution in [0.4, 0.5) is 0 Å². The largest absolute Gasteiger partial charge is 0.377 e. The summed E-state index contributed by atoms with van der Waals surface area (Å²) < 4.78 is 31.7. The Balaban J connectivity index is 2.73. The molecule has 0 radical (unpaired) electrons. The van der Waals surface area contributed by atoms with Gasteiger partial charge in [0, 0.05) is 6.54 Å². The molecule has 0 bridgehead atoms. The SMILES string of the molecule is Cc1cc(S(=O)(=O)NCCOC(C)C)ccc1C#N. The minimum Gasteiger partial charge on any atom is -0.377 e. The van der Waals surface area contributed by atoms with Gasteiger partial charge in [-0.15, -0.1) is 0 Å². The molecule has 0 saturated heterocycles. The summed E-state index contributed by atoms with van der Waals surface area (Å²) >= 11 is 0. The van der Waals surface area contributed by atoms with Crippen LogP contribution in [-0.2, 0) is 14.8 Å². The van der Waals surface area contributed by atoms with Gasteiger partial charge in [0.05, 0.1) is 29.2 Å². The number of nitrogens with zero attached hydrogens (tertiary/aromatic N) is 1. The highest BCUT2D eigenvalue weighted by Crippen LogP contribution is 2.14. The predicted molar refractivity (Wildman–Crippen MR) is 72.2 cm³/mol. The van der Waals surface area contributed by atoms with Crippen molar-refractivity contribution in [1.82, 2.24) is 4.72 Å². The summed E-state index contributed by atoms with van der Waals surface area (Å²) in [6.07, 6.45) is 0.0710. The van der Waals surface area contributed by atoms with Crippen molar-refractivity contribution in [2.75, 3.05) is 13.2 Å². The molecule has 0 aromatic heterocycles. The van der Waals surface area contributed by atoms with Gasteiger partial charge in [-0.1, -0.05) is 0 Å². The Hall–Kier alpha value is -1.42. The van der Waals surface area contributed by atoms with E-state index in [1.54, 1.807) is 6.92 Å². The smallest absolute Gasteiger partial charge is 0.240 e. The van der Waals surface area contributed by atoms with Crippen LogP contribution in [0.1, 0.15) is 25.0 Å². The van der Waals surface area contributed by atoms with Gasteiger partial charge in [0.1, 0.15) is 0 Å². The minimum absolute atomic E-state index is 0.0710. The summed E-state index contributed by atoms with van der Waals surface area (Å²) in [6, 6.07) is 6.43. The van der Waals surface area contributed by atoms with Crippen molar-refractivity contribution in [3.8, 4) is 6.07 Å². The van der Waals surface area contributed by atoms with Crippen LogP contribution < -0.4 is 4.72 Å². The van der Waals surface area contributed by atoms with Gasteiger partial charge in [-0.25, -0.2) is 13.1 Å². The molecule has 1 aromatic carbocycles. The van der Waals surface area contributed by atoms with Crippen LogP contribution in [0, 0.1) is 18.3 Å². The van der Waals surface area contributed by atoms with E-state index in [9.17, 15) is 8.42 Å². The molecule has 0 fully saturated rings. The fourth-order valence-corrected chi connectivity index (χ4v) is 2.58. The third kappa shape index (κ3) is 4.63. The van der Waals surface area contributed by atoms with E-state index in [2.05, 4.69) is 4.72 Å². The number of ether oxygens (including phenoxy) is 1. The van der Waals surface area contributed by atoms with Crippen molar-refractivity contribution >= 4 is 10.0 Å². The number of nitriles is 1. The van der Waals surface area contributed by atoms with Gasteiger partial charge in [-0.05, 0) is 44.5 Å².